The van der Waals surface area contributed by atoms with Gasteiger partial charge >= 0.3 is 0 Å². The Balaban J connectivity index is 1.49. The molecular weight excluding hydrogens is 316 g/mol. The molecule has 2 N–H and O–H groups in total. The van der Waals surface area contributed by atoms with Crippen LogP contribution in [0.4, 0.5) is 17.1 Å². The number of amides is 1. The number of nitrogens with one attached hydrogen (secondary N) is 2. The molecule has 0 unspecified atom stereocenters. The van der Waals surface area contributed by atoms with Crippen molar-refractivity contribution in [3.05, 3.63) is 54.1 Å². The van der Waals surface area contributed by atoms with Crippen LogP contribution in [-0.4, -0.2) is 38.8 Å². The molecule has 2 aromatic rings. The number of nitrogens with zero attached hydrogens (tertiary/aromatic N) is 2. The first kappa shape index (κ1) is 16.8. The molecule has 1 aliphatic heterocycles. The molecule has 0 saturated carbocycles. The highest BCUT2D eigenvalue weighted by atomic mass is 16.5. The summed E-state index contributed by atoms with van der Waals surface area (Å²) >= 11 is 0. The van der Waals surface area contributed by atoms with Gasteiger partial charge in [0.05, 0.1) is 31.4 Å². The van der Waals surface area contributed by atoms with Gasteiger partial charge in [-0.15, -0.1) is 0 Å². The number of benzene rings is 2. The van der Waals surface area contributed by atoms with Gasteiger partial charge in [-0.2, -0.15) is 5.26 Å². The smallest absolute Gasteiger partial charge is 0.243 e. The first-order valence-corrected chi connectivity index (χ1v) is 8.21. The molecule has 0 aromatic heterocycles. The molecule has 2 aromatic carbocycles. The molecule has 1 amide bonds. The van der Waals surface area contributed by atoms with Crippen molar-refractivity contribution in [1.29, 1.82) is 5.26 Å². The number of morpholine rings is 1. The van der Waals surface area contributed by atoms with Crippen LogP contribution in [0.25, 0.3) is 0 Å². The lowest BCUT2D eigenvalue weighted by Gasteiger charge is -2.28. The Morgan fingerprint density at radius 2 is 1.68 bits per heavy atom. The summed E-state index contributed by atoms with van der Waals surface area (Å²) < 4.78 is 5.35. The van der Waals surface area contributed by atoms with Crippen LogP contribution in [0.3, 0.4) is 0 Å². The summed E-state index contributed by atoms with van der Waals surface area (Å²) in [6.45, 7) is 3.44. The summed E-state index contributed by atoms with van der Waals surface area (Å²) in [5.74, 6) is -0.122. The van der Waals surface area contributed by atoms with Crippen LogP contribution in [0, 0.1) is 11.3 Å². The van der Waals surface area contributed by atoms with E-state index in [1.807, 2.05) is 24.3 Å². The van der Waals surface area contributed by atoms with Gasteiger partial charge in [0.15, 0.2) is 0 Å². The summed E-state index contributed by atoms with van der Waals surface area (Å²) in [4.78, 5) is 14.3. The Kier molecular flexibility index (Phi) is 5.50. The standard InChI is InChI=1S/C19H20N4O2/c20-13-15-1-3-16(4-2-15)21-14-19(24)22-17-5-7-18(8-6-17)23-9-11-25-12-10-23/h1-8,21H,9-12,14H2,(H,22,24). The normalized spacial score (nSPS) is 13.8. The van der Waals surface area contributed by atoms with E-state index >= 15 is 0 Å². The third-order valence-electron chi connectivity index (χ3n) is 3.99. The van der Waals surface area contributed by atoms with Crippen LogP contribution < -0.4 is 15.5 Å². The average Bonchev–Trinajstić information content (AvgIpc) is 2.68. The number of carbonyl (C=O) groups is 1. The molecule has 1 aliphatic rings. The van der Waals surface area contributed by atoms with Crippen LogP contribution in [0.2, 0.25) is 0 Å². The molecule has 1 fully saturated rings. The molecule has 0 radical (unpaired) electrons. The minimum atomic E-state index is -0.122. The topological polar surface area (TPSA) is 77.4 Å². The van der Waals surface area contributed by atoms with Crippen LogP contribution >= 0.6 is 0 Å². The van der Waals surface area contributed by atoms with Crippen molar-refractivity contribution < 1.29 is 9.53 Å². The van der Waals surface area contributed by atoms with Gasteiger partial charge < -0.3 is 20.3 Å². The fourth-order valence-corrected chi connectivity index (χ4v) is 2.63. The third kappa shape index (κ3) is 4.72. The summed E-state index contributed by atoms with van der Waals surface area (Å²) in [7, 11) is 0. The van der Waals surface area contributed by atoms with E-state index in [-0.39, 0.29) is 12.5 Å². The largest absolute Gasteiger partial charge is 0.378 e. The van der Waals surface area contributed by atoms with Crippen LogP contribution in [0.1, 0.15) is 5.56 Å². The molecule has 0 aliphatic carbocycles. The lowest BCUT2D eigenvalue weighted by molar-refractivity contribution is -0.114. The van der Waals surface area contributed by atoms with E-state index in [9.17, 15) is 4.79 Å². The van der Waals surface area contributed by atoms with Crippen molar-refractivity contribution in [2.45, 2.75) is 0 Å². The molecule has 6 nitrogen and oxygen atoms in total. The van der Waals surface area contributed by atoms with Gasteiger partial charge in [0.1, 0.15) is 0 Å². The number of ether oxygens (including phenoxy) is 1. The summed E-state index contributed by atoms with van der Waals surface area (Å²) in [5.41, 5.74) is 3.30. The van der Waals surface area contributed by atoms with Crippen LogP contribution in [-0.2, 0) is 9.53 Å². The van der Waals surface area contributed by atoms with Gasteiger partial charge in [0.2, 0.25) is 5.91 Å². The second-order valence-corrected chi connectivity index (χ2v) is 5.74. The van der Waals surface area contributed by atoms with Crippen molar-refractivity contribution in [3.8, 4) is 6.07 Å². The number of rotatable bonds is 5. The lowest BCUT2D eigenvalue weighted by atomic mass is 10.2. The van der Waals surface area contributed by atoms with Gasteiger partial charge in [-0.25, -0.2) is 0 Å². The molecule has 1 heterocycles. The second-order valence-electron chi connectivity index (χ2n) is 5.74. The van der Waals surface area contributed by atoms with Crippen LogP contribution in [0.5, 0.6) is 0 Å². The Bertz CT molecular complexity index is 744. The maximum atomic E-state index is 12.0. The Labute approximate surface area is 147 Å². The molecule has 0 atom stereocenters. The number of hydrogen-bond donors (Lipinski definition) is 2. The summed E-state index contributed by atoms with van der Waals surface area (Å²) in [5, 5.41) is 14.7. The van der Waals surface area contributed by atoms with E-state index < -0.39 is 0 Å². The highest BCUT2D eigenvalue weighted by molar-refractivity contribution is 5.93. The Morgan fingerprint density at radius 3 is 2.32 bits per heavy atom. The van der Waals surface area contributed by atoms with Gasteiger partial charge in [-0.05, 0) is 48.5 Å². The SMILES string of the molecule is N#Cc1ccc(NCC(=O)Nc2ccc(N3CCOCC3)cc2)cc1. The predicted octanol–water partition coefficient (Wildman–Crippen LogP) is 2.45. The van der Waals surface area contributed by atoms with Gasteiger partial charge in [-0.3, -0.25) is 4.79 Å². The third-order valence-corrected chi connectivity index (χ3v) is 3.99. The Hall–Kier alpha value is -3.04. The number of hydrogen-bond acceptors (Lipinski definition) is 5. The molecule has 25 heavy (non-hydrogen) atoms. The van der Waals surface area contributed by atoms with Gasteiger partial charge in [0, 0.05) is 30.2 Å². The molecule has 0 bridgehead atoms. The molecule has 1 saturated heterocycles. The molecule has 0 spiro atoms. The number of anilines is 3. The zero-order valence-electron chi connectivity index (χ0n) is 13.9. The molecular formula is C19H20N4O2. The molecule has 6 heteroatoms. The molecule has 128 valence electrons. The minimum absolute atomic E-state index is 0.122. The Morgan fingerprint density at radius 1 is 1.04 bits per heavy atom. The monoisotopic (exact) mass is 336 g/mol. The van der Waals surface area contributed by atoms with Crippen molar-refractivity contribution >= 4 is 23.0 Å². The van der Waals surface area contributed by atoms with E-state index in [0.717, 1.165) is 43.4 Å². The van der Waals surface area contributed by atoms with E-state index in [1.165, 1.54) is 0 Å². The predicted molar refractivity (Wildman–Crippen MR) is 97.8 cm³/mol. The minimum Gasteiger partial charge on any atom is -0.378 e. The quantitative estimate of drug-likeness (QED) is 0.877. The highest BCUT2D eigenvalue weighted by Crippen LogP contribution is 2.19. The fourth-order valence-electron chi connectivity index (χ4n) is 2.63. The molecule has 3 rings (SSSR count). The van der Waals surface area contributed by atoms with E-state index in [1.54, 1.807) is 24.3 Å². The lowest BCUT2D eigenvalue weighted by Crippen LogP contribution is -2.36. The van der Waals surface area contributed by atoms with Crippen molar-refractivity contribution in [1.82, 2.24) is 0 Å². The van der Waals surface area contributed by atoms with Gasteiger partial charge in [-0.1, -0.05) is 0 Å². The maximum Gasteiger partial charge on any atom is 0.243 e. The number of nitriles is 1. The zero-order chi connectivity index (χ0) is 17.5. The van der Waals surface area contributed by atoms with E-state index in [4.69, 9.17) is 10.00 Å². The second kappa shape index (κ2) is 8.18. The van der Waals surface area contributed by atoms with E-state index in [2.05, 4.69) is 21.6 Å². The van der Waals surface area contributed by atoms with Crippen molar-refractivity contribution in [2.75, 3.05) is 48.4 Å². The van der Waals surface area contributed by atoms with Crippen molar-refractivity contribution in [3.63, 3.8) is 0 Å². The van der Waals surface area contributed by atoms with Crippen LogP contribution in [0.15, 0.2) is 48.5 Å². The van der Waals surface area contributed by atoms with E-state index in [0.29, 0.717) is 5.56 Å². The zero-order valence-corrected chi connectivity index (χ0v) is 13.9. The summed E-state index contributed by atoms with van der Waals surface area (Å²) in [6.07, 6.45) is 0. The fraction of sp³-hybridized carbons (Fsp3) is 0.263. The first-order chi connectivity index (χ1) is 12.2. The maximum absolute atomic E-state index is 12.0. The summed E-state index contributed by atoms with van der Waals surface area (Å²) in [6, 6.07) is 16.9. The average molecular weight is 336 g/mol. The number of carbonyl (C=O) groups excluding carboxylic acids is 1. The highest BCUT2D eigenvalue weighted by Gasteiger charge is 2.11. The van der Waals surface area contributed by atoms with Crippen molar-refractivity contribution in [2.24, 2.45) is 0 Å². The van der Waals surface area contributed by atoms with Gasteiger partial charge in [0.25, 0.3) is 0 Å². The first-order valence-electron chi connectivity index (χ1n) is 8.21.